The molecule has 0 fully saturated rings. The number of anilines is 2. The van der Waals surface area contributed by atoms with Crippen molar-refractivity contribution < 1.29 is 4.42 Å². The SMILES string of the molecule is CCN(CC)c1nc(-c2cn(-c3cccc(-c4nc(-c5ccccc5)c(-c5ccccc5)o4)c3)nn2)nc(N(CC)CC)n1. The molecule has 0 amide bonds. The molecule has 0 saturated carbocycles. The summed E-state index contributed by atoms with van der Waals surface area (Å²) >= 11 is 0. The van der Waals surface area contributed by atoms with E-state index in [9.17, 15) is 0 Å². The topological polar surface area (TPSA) is 102 Å². The van der Waals surface area contributed by atoms with Crippen LogP contribution < -0.4 is 9.80 Å². The molecule has 6 rings (SSSR count). The Kier molecular flexibility index (Phi) is 8.40. The molecule has 0 radical (unpaired) electrons. The maximum atomic E-state index is 6.43. The lowest BCUT2D eigenvalue weighted by Gasteiger charge is -2.23. The molecular weight excluding hydrogens is 550 g/mol. The molecule has 3 aromatic heterocycles. The summed E-state index contributed by atoms with van der Waals surface area (Å²) in [6.07, 6.45) is 1.84. The number of nitrogens with zero attached hydrogens (tertiary/aromatic N) is 9. The molecule has 222 valence electrons. The van der Waals surface area contributed by atoms with Crippen LogP contribution in [0, 0.1) is 0 Å². The van der Waals surface area contributed by atoms with E-state index in [0.717, 1.165) is 60.0 Å². The van der Waals surface area contributed by atoms with Gasteiger partial charge in [0.05, 0.1) is 11.9 Å². The first-order chi connectivity index (χ1) is 21.6. The van der Waals surface area contributed by atoms with Crippen LogP contribution >= 0.6 is 0 Å². The van der Waals surface area contributed by atoms with Crippen molar-refractivity contribution in [1.82, 2.24) is 34.9 Å². The third kappa shape index (κ3) is 5.78. The second-order valence-electron chi connectivity index (χ2n) is 10.1. The largest absolute Gasteiger partial charge is 0.435 e. The van der Waals surface area contributed by atoms with E-state index in [0.29, 0.717) is 29.3 Å². The average Bonchev–Trinajstić information content (AvgIpc) is 3.76. The first-order valence-corrected chi connectivity index (χ1v) is 15.0. The first-order valence-electron chi connectivity index (χ1n) is 15.0. The van der Waals surface area contributed by atoms with Gasteiger partial charge in [-0.05, 0) is 45.9 Å². The van der Waals surface area contributed by atoms with Gasteiger partial charge in [-0.15, -0.1) is 5.10 Å². The zero-order valence-corrected chi connectivity index (χ0v) is 25.4. The fourth-order valence-electron chi connectivity index (χ4n) is 5.06. The highest BCUT2D eigenvalue weighted by Crippen LogP contribution is 2.36. The Morgan fingerprint density at radius 1 is 0.636 bits per heavy atom. The molecule has 0 N–H and O–H groups in total. The Balaban J connectivity index is 1.37. The van der Waals surface area contributed by atoms with Crippen LogP contribution in [0.1, 0.15) is 27.7 Å². The Bertz CT molecular complexity index is 1740. The molecule has 10 heteroatoms. The van der Waals surface area contributed by atoms with Gasteiger partial charge in [0.15, 0.2) is 17.3 Å². The zero-order chi connectivity index (χ0) is 30.5. The maximum Gasteiger partial charge on any atom is 0.230 e. The molecule has 10 nitrogen and oxygen atoms in total. The van der Waals surface area contributed by atoms with Crippen molar-refractivity contribution in [2.24, 2.45) is 0 Å². The van der Waals surface area contributed by atoms with Crippen molar-refractivity contribution in [2.75, 3.05) is 36.0 Å². The number of rotatable bonds is 11. The van der Waals surface area contributed by atoms with Crippen molar-refractivity contribution in [1.29, 1.82) is 0 Å². The Morgan fingerprint density at radius 2 is 1.23 bits per heavy atom. The number of benzene rings is 3. The number of oxazole rings is 1. The molecule has 44 heavy (non-hydrogen) atoms. The predicted molar refractivity (Wildman–Crippen MR) is 174 cm³/mol. The van der Waals surface area contributed by atoms with Crippen LogP contribution in [0.4, 0.5) is 11.9 Å². The fourth-order valence-corrected chi connectivity index (χ4v) is 5.06. The second kappa shape index (κ2) is 12.9. The van der Waals surface area contributed by atoms with E-state index in [1.807, 2.05) is 91.1 Å². The third-order valence-corrected chi connectivity index (χ3v) is 7.49. The Morgan fingerprint density at radius 3 is 1.84 bits per heavy atom. The minimum atomic E-state index is 0.485. The molecule has 3 heterocycles. The van der Waals surface area contributed by atoms with Crippen LogP contribution in [0.5, 0.6) is 0 Å². The fraction of sp³-hybridized carbons (Fsp3) is 0.235. The lowest BCUT2D eigenvalue weighted by Crippen LogP contribution is -2.28. The Labute approximate surface area is 257 Å². The number of hydrogen-bond donors (Lipinski definition) is 0. The average molecular weight is 586 g/mol. The molecule has 6 aromatic rings. The smallest absolute Gasteiger partial charge is 0.230 e. The summed E-state index contributed by atoms with van der Waals surface area (Å²) in [6, 6.07) is 28.0. The van der Waals surface area contributed by atoms with Gasteiger partial charge in [-0.1, -0.05) is 71.9 Å². The quantitative estimate of drug-likeness (QED) is 0.162. The highest BCUT2D eigenvalue weighted by Gasteiger charge is 2.20. The van der Waals surface area contributed by atoms with Gasteiger partial charge in [-0.2, -0.15) is 15.0 Å². The van der Waals surface area contributed by atoms with Gasteiger partial charge in [-0.3, -0.25) is 0 Å². The molecule has 0 unspecified atom stereocenters. The monoisotopic (exact) mass is 585 g/mol. The highest BCUT2D eigenvalue weighted by atomic mass is 16.4. The van der Waals surface area contributed by atoms with Crippen molar-refractivity contribution in [3.05, 3.63) is 91.1 Å². The summed E-state index contributed by atoms with van der Waals surface area (Å²) in [4.78, 5) is 23.5. The molecule has 0 aliphatic carbocycles. The van der Waals surface area contributed by atoms with Crippen molar-refractivity contribution in [2.45, 2.75) is 27.7 Å². The molecule has 0 aliphatic heterocycles. The van der Waals surface area contributed by atoms with Gasteiger partial charge in [0.2, 0.25) is 17.8 Å². The van der Waals surface area contributed by atoms with Crippen LogP contribution in [-0.4, -0.2) is 61.1 Å². The minimum absolute atomic E-state index is 0.485. The van der Waals surface area contributed by atoms with Gasteiger partial charge in [-0.25, -0.2) is 9.67 Å². The molecule has 0 atom stereocenters. The summed E-state index contributed by atoms with van der Waals surface area (Å²) in [7, 11) is 0. The lowest BCUT2D eigenvalue weighted by atomic mass is 10.1. The van der Waals surface area contributed by atoms with E-state index in [4.69, 9.17) is 24.4 Å². The van der Waals surface area contributed by atoms with E-state index in [2.05, 4.69) is 47.8 Å². The van der Waals surface area contributed by atoms with Crippen LogP contribution in [-0.2, 0) is 0 Å². The summed E-state index contributed by atoms with van der Waals surface area (Å²) in [5.41, 5.74) is 4.95. The molecule has 0 saturated heterocycles. The molecule has 0 bridgehead atoms. The molecule has 3 aromatic carbocycles. The van der Waals surface area contributed by atoms with E-state index in [-0.39, 0.29) is 0 Å². The van der Waals surface area contributed by atoms with Gasteiger partial charge >= 0.3 is 0 Å². The maximum absolute atomic E-state index is 6.43. The van der Waals surface area contributed by atoms with Crippen molar-refractivity contribution >= 4 is 11.9 Å². The normalized spacial score (nSPS) is 11.1. The van der Waals surface area contributed by atoms with E-state index >= 15 is 0 Å². The standard InChI is InChI=1S/C34H35N9O/c1-5-41(6-2)33-36-31(37-34(38-33)42(7-3)8-4)28-23-43(40-39-28)27-21-15-20-26(22-27)32-35-29(24-16-11-9-12-17-24)30(44-32)25-18-13-10-14-19-25/h9-23H,5-8H2,1-4H3. The number of hydrogen-bond acceptors (Lipinski definition) is 9. The predicted octanol–water partition coefficient (Wildman–Crippen LogP) is 6.80. The third-order valence-electron chi connectivity index (χ3n) is 7.49. The molecule has 0 spiro atoms. The number of aromatic nitrogens is 7. The van der Waals surface area contributed by atoms with E-state index < -0.39 is 0 Å². The van der Waals surface area contributed by atoms with Crippen molar-refractivity contribution in [3.8, 4) is 51.2 Å². The summed E-state index contributed by atoms with van der Waals surface area (Å²) in [5, 5.41) is 8.88. The van der Waals surface area contributed by atoms with Crippen LogP contribution in [0.25, 0.3) is 51.2 Å². The molecule has 0 aliphatic rings. The van der Waals surface area contributed by atoms with Crippen LogP contribution in [0.2, 0.25) is 0 Å². The lowest BCUT2D eigenvalue weighted by molar-refractivity contribution is 0.589. The summed E-state index contributed by atoms with van der Waals surface area (Å²) < 4.78 is 8.15. The minimum Gasteiger partial charge on any atom is -0.435 e. The van der Waals surface area contributed by atoms with Gasteiger partial charge in [0.25, 0.3) is 0 Å². The van der Waals surface area contributed by atoms with E-state index in [1.165, 1.54) is 0 Å². The molecular formula is C34H35N9O. The van der Waals surface area contributed by atoms with Crippen LogP contribution in [0.15, 0.2) is 95.5 Å². The van der Waals surface area contributed by atoms with Crippen LogP contribution in [0.3, 0.4) is 0 Å². The van der Waals surface area contributed by atoms with Gasteiger partial charge in [0, 0.05) is 42.9 Å². The Hall–Kier alpha value is -5.38. The van der Waals surface area contributed by atoms with Crippen molar-refractivity contribution in [3.63, 3.8) is 0 Å². The van der Waals surface area contributed by atoms with Gasteiger partial charge in [0.1, 0.15) is 5.69 Å². The first kappa shape index (κ1) is 28.7. The zero-order valence-electron chi connectivity index (χ0n) is 25.4. The van der Waals surface area contributed by atoms with Gasteiger partial charge < -0.3 is 14.2 Å². The highest BCUT2D eigenvalue weighted by molar-refractivity contribution is 5.79. The summed E-state index contributed by atoms with van der Waals surface area (Å²) in [6.45, 7) is 11.5. The van der Waals surface area contributed by atoms with E-state index in [1.54, 1.807) is 4.68 Å². The summed E-state index contributed by atoms with van der Waals surface area (Å²) in [5.74, 6) is 2.99. The second-order valence-corrected chi connectivity index (χ2v) is 10.1.